The van der Waals surface area contributed by atoms with Gasteiger partial charge < -0.3 is 10.5 Å². The maximum absolute atomic E-state index is 13.1. The highest BCUT2D eigenvalue weighted by Crippen LogP contribution is 2.19. The van der Waals surface area contributed by atoms with Crippen LogP contribution in [0.25, 0.3) is 0 Å². The van der Waals surface area contributed by atoms with Gasteiger partial charge in [0.15, 0.2) is 11.6 Å². The van der Waals surface area contributed by atoms with Crippen molar-refractivity contribution in [2.75, 3.05) is 7.11 Å². The third-order valence-electron chi connectivity index (χ3n) is 2.54. The van der Waals surface area contributed by atoms with Gasteiger partial charge in [0, 0.05) is 6.04 Å². The van der Waals surface area contributed by atoms with Crippen molar-refractivity contribution in [3.05, 3.63) is 29.6 Å². The summed E-state index contributed by atoms with van der Waals surface area (Å²) in [4.78, 5) is 0. The molecule has 0 saturated carbocycles. The van der Waals surface area contributed by atoms with Crippen LogP contribution in [0.5, 0.6) is 5.75 Å². The van der Waals surface area contributed by atoms with Crippen molar-refractivity contribution in [2.24, 2.45) is 11.7 Å². The summed E-state index contributed by atoms with van der Waals surface area (Å²) in [6.45, 7) is 4.15. The third kappa shape index (κ3) is 3.20. The first-order valence-corrected chi connectivity index (χ1v) is 5.12. The number of ether oxygens (including phenoxy) is 1. The molecule has 0 saturated heterocycles. The minimum Gasteiger partial charge on any atom is -0.494 e. The lowest BCUT2D eigenvalue weighted by Crippen LogP contribution is -2.28. The normalized spacial score (nSPS) is 12.9. The van der Waals surface area contributed by atoms with E-state index < -0.39 is 0 Å². The zero-order valence-corrected chi connectivity index (χ0v) is 9.46. The van der Waals surface area contributed by atoms with E-state index in [9.17, 15) is 4.39 Å². The highest BCUT2D eigenvalue weighted by molar-refractivity contribution is 5.30. The van der Waals surface area contributed by atoms with Crippen LogP contribution in [-0.4, -0.2) is 13.2 Å². The lowest BCUT2D eigenvalue weighted by atomic mass is 9.97. The highest BCUT2D eigenvalue weighted by Gasteiger charge is 2.10. The van der Waals surface area contributed by atoms with Crippen LogP contribution in [0.3, 0.4) is 0 Å². The predicted octanol–water partition coefficient (Wildman–Crippen LogP) is 2.36. The maximum atomic E-state index is 13.1. The standard InChI is InChI=1S/C12H18FNO/c1-8(2)11(14)6-9-4-5-10(13)12(7-9)15-3/h4-5,7-8,11H,6,14H2,1-3H3. The minimum absolute atomic E-state index is 0.0974. The number of hydrogen-bond donors (Lipinski definition) is 1. The van der Waals surface area contributed by atoms with E-state index in [0.717, 1.165) is 12.0 Å². The summed E-state index contributed by atoms with van der Waals surface area (Å²) in [5, 5.41) is 0. The van der Waals surface area contributed by atoms with Gasteiger partial charge in [0.1, 0.15) is 0 Å². The maximum Gasteiger partial charge on any atom is 0.165 e. The van der Waals surface area contributed by atoms with Crippen molar-refractivity contribution in [2.45, 2.75) is 26.3 Å². The zero-order valence-electron chi connectivity index (χ0n) is 9.46. The summed E-state index contributed by atoms with van der Waals surface area (Å²) in [6, 6.07) is 4.97. The largest absolute Gasteiger partial charge is 0.494 e. The summed E-state index contributed by atoms with van der Waals surface area (Å²) >= 11 is 0. The van der Waals surface area contributed by atoms with Crippen LogP contribution in [0.15, 0.2) is 18.2 Å². The molecule has 0 aliphatic heterocycles. The summed E-state index contributed by atoms with van der Waals surface area (Å²) in [5.74, 6) is 0.365. The Hall–Kier alpha value is -1.09. The van der Waals surface area contributed by atoms with E-state index >= 15 is 0 Å². The Morgan fingerprint density at radius 2 is 2.07 bits per heavy atom. The first-order chi connectivity index (χ1) is 7.04. The fraction of sp³-hybridized carbons (Fsp3) is 0.500. The van der Waals surface area contributed by atoms with E-state index in [1.807, 2.05) is 0 Å². The van der Waals surface area contributed by atoms with Crippen LogP contribution in [-0.2, 0) is 6.42 Å². The molecule has 0 heterocycles. The van der Waals surface area contributed by atoms with Gasteiger partial charge in [-0.25, -0.2) is 4.39 Å². The second-order valence-corrected chi connectivity index (χ2v) is 4.08. The Labute approximate surface area is 90.2 Å². The van der Waals surface area contributed by atoms with Gasteiger partial charge in [-0.1, -0.05) is 19.9 Å². The molecule has 15 heavy (non-hydrogen) atoms. The molecule has 0 aliphatic rings. The first kappa shape index (κ1) is 12.0. The third-order valence-corrected chi connectivity index (χ3v) is 2.54. The van der Waals surface area contributed by atoms with E-state index in [2.05, 4.69) is 13.8 Å². The summed E-state index contributed by atoms with van der Waals surface area (Å²) in [5.41, 5.74) is 6.95. The molecule has 1 unspecified atom stereocenters. The molecule has 2 nitrogen and oxygen atoms in total. The summed E-state index contributed by atoms with van der Waals surface area (Å²) in [7, 11) is 1.46. The second kappa shape index (κ2) is 5.12. The van der Waals surface area contributed by atoms with Crippen molar-refractivity contribution in [1.82, 2.24) is 0 Å². The van der Waals surface area contributed by atoms with Gasteiger partial charge in [0.25, 0.3) is 0 Å². The monoisotopic (exact) mass is 211 g/mol. The number of hydrogen-bond acceptors (Lipinski definition) is 2. The van der Waals surface area contributed by atoms with Crippen LogP contribution < -0.4 is 10.5 Å². The molecule has 1 rings (SSSR count). The van der Waals surface area contributed by atoms with Crippen molar-refractivity contribution in [3.8, 4) is 5.75 Å². The molecule has 0 spiro atoms. The number of halogens is 1. The molecule has 84 valence electrons. The molecule has 0 radical (unpaired) electrons. The zero-order chi connectivity index (χ0) is 11.4. The average molecular weight is 211 g/mol. The molecular formula is C12H18FNO. The summed E-state index contributed by atoms with van der Waals surface area (Å²) < 4.78 is 18.0. The Kier molecular flexibility index (Phi) is 4.09. The van der Waals surface area contributed by atoms with Crippen molar-refractivity contribution >= 4 is 0 Å². The van der Waals surface area contributed by atoms with Gasteiger partial charge in [0.2, 0.25) is 0 Å². The fourth-order valence-corrected chi connectivity index (χ4v) is 1.34. The summed E-state index contributed by atoms with van der Waals surface area (Å²) in [6.07, 6.45) is 0.744. The van der Waals surface area contributed by atoms with E-state index in [1.165, 1.54) is 13.2 Å². The molecule has 0 amide bonds. The van der Waals surface area contributed by atoms with Gasteiger partial charge in [0.05, 0.1) is 7.11 Å². The van der Waals surface area contributed by atoms with Crippen LogP contribution in [0.1, 0.15) is 19.4 Å². The van der Waals surface area contributed by atoms with Crippen LogP contribution in [0.2, 0.25) is 0 Å². The first-order valence-electron chi connectivity index (χ1n) is 5.12. The van der Waals surface area contributed by atoms with Gasteiger partial charge in [-0.15, -0.1) is 0 Å². The number of benzene rings is 1. The lowest BCUT2D eigenvalue weighted by molar-refractivity contribution is 0.385. The Balaban J connectivity index is 2.78. The molecule has 0 fully saturated rings. The van der Waals surface area contributed by atoms with Gasteiger partial charge in [-0.05, 0) is 30.0 Å². The Morgan fingerprint density at radius 1 is 1.40 bits per heavy atom. The van der Waals surface area contributed by atoms with Crippen LogP contribution >= 0.6 is 0 Å². The van der Waals surface area contributed by atoms with Crippen LogP contribution in [0.4, 0.5) is 4.39 Å². The van der Waals surface area contributed by atoms with Gasteiger partial charge >= 0.3 is 0 Å². The minimum atomic E-state index is -0.334. The predicted molar refractivity (Wildman–Crippen MR) is 59.5 cm³/mol. The fourth-order valence-electron chi connectivity index (χ4n) is 1.34. The molecule has 1 atom stereocenters. The van der Waals surface area contributed by atoms with E-state index in [0.29, 0.717) is 5.92 Å². The van der Waals surface area contributed by atoms with Crippen molar-refractivity contribution < 1.29 is 9.13 Å². The molecule has 3 heteroatoms. The number of rotatable bonds is 4. The molecule has 0 bridgehead atoms. The molecule has 1 aromatic rings. The topological polar surface area (TPSA) is 35.2 Å². The Morgan fingerprint density at radius 3 is 2.60 bits per heavy atom. The van der Waals surface area contributed by atoms with Gasteiger partial charge in [-0.3, -0.25) is 0 Å². The van der Waals surface area contributed by atoms with E-state index in [-0.39, 0.29) is 17.6 Å². The molecule has 0 aromatic heterocycles. The highest BCUT2D eigenvalue weighted by atomic mass is 19.1. The molecule has 2 N–H and O–H groups in total. The average Bonchev–Trinajstić information content (AvgIpc) is 2.20. The van der Waals surface area contributed by atoms with E-state index in [4.69, 9.17) is 10.5 Å². The number of nitrogens with two attached hydrogens (primary N) is 1. The molecule has 0 aliphatic carbocycles. The molecule has 1 aromatic carbocycles. The lowest BCUT2D eigenvalue weighted by Gasteiger charge is -2.15. The smallest absolute Gasteiger partial charge is 0.165 e. The van der Waals surface area contributed by atoms with E-state index in [1.54, 1.807) is 12.1 Å². The van der Waals surface area contributed by atoms with Crippen LogP contribution in [0, 0.1) is 11.7 Å². The SMILES string of the molecule is COc1cc(CC(N)C(C)C)ccc1F. The van der Waals surface area contributed by atoms with Crippen molar-refractivity contribution in [1.29, 1.82) is 0 Å². The molecular weight excluding hydrogens is 193 g/mol. The second-order valence-electron chi connectivity index (χ2n) is 4.08. The Bertz CT molecular complexity index is 325. The number of methoxy groups -OCH3 is 1. The van der Waals surface area contributed by atoms with Crippen molar-refractivity contribution in [3.63, 3.8) is 0 Å². The quantitative estimate of drug-likeness (QED) is 0.829. The van der Waals surface area contributed by atoms with Gasteiger partial charge in [-0.2, -0.15) is 0 Å².